The second kappa shape index (κ2) is 21.8. The Balaban J connectivity index is 0.000000703. The minimum Gasteiger partial charge on any atom is -0.497 e. The number of nitrogens with one attached hydrogen (secondary N) is 3. The summed E-state index contributed by atoms with van der Waals surface area (Å²) in [6, 6.07) is 26.8. The quantitative estimate of drug-likeness (QED) is 0.0903. The number of methoxy groups -OCH3 is 5. The van der Waals surface area contributed by atoms with Gasteiger partial charge in [0.2, 0.25) is 5.91 Å². The molecule has 0 fully saturated rings. The van der Waals surface area contributed by atoms with Gasteiger partial charge in [-0.1, -0.05) is 60.2 Å². The lowest BCUT2D eigenvalue weighted by molar-refractivity contribution is -0.136. The van der Waals surface area contributed by atoms with Crippen LogP contribution in [-0.2, 0) is 33.6 Å². The summed E-state index contributed by atoms with van der Waals surface area (Å²) in [6.07, 6.45) is 1.28. The highest BCUT2D eigenvalue weighted by molar-refractivity contribution is 7.81. The van der Waals surface area contributed by atoms with Gasteiger partial charge in [-0.15, -0.1) is 0 Å². The Morgan fingerprint density at radius 3 is 1.50 bits per heavy atom. The van der Waals surface area contributed by atoms with Crippen molar-refractivity contribution in [1.29, 1.82) is 0 Å². The van der Waals surface area contributed by atoms with Gasteiger partial charge in [0, 0.05) is 13.1 Å². The van der Waals surface area contributed by atoms with E-state index in [1.54, 1.807) is 47.7 Å². The van der Waals surface area contributed by atoms with E-state index in [0.29, 0.717) is 42.3 Å². The van der Waals surface area contributed by atoms with E-state index < -0.39 is 29.0 Å². The molecule has 4 rings (SSSR count). The van der Waals surface area contributed by atoms with Crippen molar-refractivity contribution in [3.05, 3.63) is 113 Å². The van der Waals surface area contributed by atoms with Crippen LogP contribution in [0.25, 0.3) is 0 Å². The number of carbonyl (C=O) groups excluding carboxylic acids is 3. The van der Waals surface area contributed by atoms with Gasteiger partial charge in [0.15, 0.2) is 29.0 Å². The minimum atomic E-state index is -1.45. The highest BCUT2D eigenvalue weighted by Crippen LogP contribution is 2.28. The van der Waals surface area contributed by atoms with E-state index >= 15 is 0 Å². The van der Waals surface area contributed by atoms with Gasteiger partial charge in [0.25, 0.3) is 11.8 Å². The van der Waals surface area contributed by atoms with Crippen LogP contribution in [0.1, 0.15) is 22.3 Å². The third-order valence-electron chi connectivity index (χ3n) is 7.96. The fourth-order valence-electron chi connectivity index (χ4n) is 5.03. The van der Waals surface area contributed by atoms with Crippen molar-refractivity contribution in [2.24, 2.45) is 0 Å². The Kier molecular flexibility index (Phi) is 17.2. The number of hydrogen-bond donors (Lipinski definition) is 4. The topological polar surface area (TPSA) is 133 Å². The van der Waals surface area contributed by atoms with Crippen molar-refractivity contribution >= 4 is 30.4 Å². The van der Waals surface area contributed by atoms with Crippen molar-refractivity contribution in [3.63, 3.8) is 0 Å². The lowest BCUT2D eigenvalue weighted by atomic mass is 10.1. The molecule has 4 aromatic rings. The summed E-state index contributed by atoms with van der Waals surface area (Å²) in [5.74, 6) is 1.48. The zero-order valence-electron chi connectivity index (χ0n) is 30.6. The number of hydrogen-bond acceptors (Lipinski definition) is 9. The predicted molar refractivity (Wildman–Crippen MR) is 205 cm³/mol. The maximum atomic E-state index is 13.2. The smallest absolute Gasteiger partial charge is 0.252 e. The van der Waals surface area contributed by atoms with E-state index in [1.807, 2.05) is 78.9 Å². The molecule has 0 saturated heterocycles. The fourth-order valence-corrected chi connectivity index (χ4v) is 5.31. The summed E-state index contributed by atoms with van der Waals surface area (Å²) < 4.78 is 26.2. The Labute approximate surface area is 311 Å². The fraction of sp³-hybridized carbons (Fsp3) is 0.325. The number of thiol groups is 1. The molecular weight excluding hydrogens is 683 g/mol. The molecule has 0 bridgehead atoms. The molecule has 0 aliphatic heterocycles. The van der Waals surface area contributed by atoms with Crippen LogP contribution < -0.4 is 39.6 Å². The Bertz CT molecular complexity index is 1650. The SMILES string of the molecule is COc1ccc(C)cc1.COc1ccc(CCNC(=O)C(NC(=O)C(S)Cc2ccccc2)C(=O)NCCc2ccc(OC)c(OC)c2)cc1OC. The van der Waals surface area contributed by atoms with Gasteiger partial charge in [-0.2, -0.15) is 12.6 Å². The van der Waals surface area contributed by atoms with E-state index in [9.17, 15) is 14.4 Å². The summed E-state index contributed by atoms with van der Waals surface area (Å²) >= 11 is 4.43. The van der Waals surface area contributed by atoms with Crippen LogP contribution in [0.15, 0.2) is 91.0 Å². The molecule has 0 aliphatic carbocycles. The Morgan fingerprint density at radius 1 is 0.577 bits per heavy atom. The summed E-state index contributed by atoms with van der Waals surface area (Å²) in [7, 11) is 7.88. The maximum Gasteiger partial charge on any atom is 0.252 e. The molecule has 0 spiro atoms. The number of carbonyl (C=O) groups is 3. The van der Waals surface area contributed by atoms with Crippen LogP contribution in [0.4, 0.5) is 0 Å². The van der Waals surface area contributed by atoms with E-state index in [0.717, 1.165) is 22.4 Å². The van der Waals surface area contributed by atoms with Crippen LogP contribution >= 0.6 is 12.6 Å². The molecule has 0 aromatic heterocycles. The highest BCUT2D eigenvalue weighted by atomic mass is 32.1. The van der Waals surface area contributed by atoms with Crippen LogP contribution in [0, 0.1) is 6.92 Å². The predicted octanol–water partition coefficient (Wildman–Crippen LogP) is 4.77. The summed E-state index contributed by atoms with van der Waals surface area (Å²) in [5.41, 5.74) is 3.97. The molecule has 0 heterocycles. The second-order valence-electron chi connectivity index (χ2n) is 11.6. The lowest BCUT2D eigenvalue weighted by Gasteiger charge is -2.20. The van der Waals surface area contributed by atoms with Gasteiger partial charge in [-0.3, -0.25) is 14.4 Å². The number of aryl methyl sites for hydroxylation is 1. The molecule has 1 unspecified atom stereocenters. The molecular formula is C40H49N3O8S. The lowest BCUT2D eigenvalue weighted by Crippen LogP contribution is -2.57. The highest BCUT2D eigenvalue weighted by Gasteiger charge is 2.30. The van der Waals surface area contributed by atoms with Crippen LogP contribution in [0.2, 0.25) is 0 Å². The minimum absolute atomic E-state index is 0.230. The Morgan fingerprint density at radius 2 is 1.06 bits per heavy atom. The number of amides is 3. The van der Waals surface area contributed by atoms with E-state index in [2.05, 4.69) is 35.5 Å². The van der Waals surface area contributed by atoms with Crippen molar-refractivity contribution in [2.75, 3.05) is 48.6 Å². The molecule has 278 valence electrons. The molecule has 0 saturated carbocycles. The molecule has 0 aliphatic rings. The molecule has 52 heavy (non-hydrogen) atoms. The first-order valence-electron chi connectivity index (χ1n) is 16.7. The van der Waals surface area contributed by atoms with Gasteiger partial charge < -0.3 is 39.6 Å². The van der Waals surface area contributed by atoms with Gasteiger partial charge in [-0.05, 0) is 79.3 Å². The zero-order valence-corrected chi connectivity index (χ0v) is 31.5. The molecule has 12 heteroatoms. The average Bonchev–Trinajstić information content (AvgIpc) is 3.17. The molecule has 11 nitrogen and oxygen atoms in total. The number of benzene rings is 4. The van der Waals surface area contributed by atoms with Crippen molar-refractivity contribution in [2.45, 2.75) is 37.5 Å². The van der Waals surface area contributed by atoms with Crippen LogP contribution in [-0.4, -0.2) is 77.7 Å². The number of rotatable bonds is 17. The third kappa shape index (κ3) is 13.1. The first-order valence-corrected chi connectivity index (χ1v) is 17.2. The largest absolute Gasteiger partial charge is 0.497 e. The Hall–Kier alpha value is -5.36. The third-order valence-corrected chi connectivity index (χ3v) is 8.38. The van der Waals surface area contributed by atoms with E-state index in [-0.39, 0.29) is 13.1 Å². The monoisotopic (exact) mass is 731 g/mol. The normalized spacial score (nSPS) is 10.9. The van der Waals surface area contributed by atoms with Gasteiger partial charge >= 0.3 is 0 Å². The summed E-state index contributed by atoms with van der Waals surface area (Å²) in [5, 5.41) is 7.36. The molecule has 1 atom stereocenters. The average molecular weight is 732 g/mol. The van der Waals surface area contributed by atoms with Crippen LogP contribution in [0.5, 0.6) is 28.7 Å². The van der Waals surface area contributed by atoms with Crippen molar-refractivity contribution in [3.8, 4) is 28.7 Å². The van der Waals surface area contributed by atoms with Crippen molar-refractivity contribution < 1.29 is 38.1 Å². The maximum absolute atomic E-state index is 13.2. The standard InChI is InChI=1S/C32H39N3O7S.C8H10O/c1-39-24-12-10-22(18-26(24)41-3)14-16-33-31(37)29(35-30(36)28(43)20-21-8-6-5-7-9-21)32(38)34-17-15-23-11-13-25(40-2)27(19-23)42-4;1-7-3-5-8(9-2)6-4-7/h5-13,18-19,28-29,43H,14-17,20H2,1-4H3,(H,33,37)(H,34,38)(H,35,36);3-6H,1-2H3. The molecule has 3 amide bonds. The zero-order chi connectivity index (χ0) is 37.9. The molecule has 4 aromatic carbocycles. The van der Waals surface area contributed by atoms with Crippen LogP contribution in [0.3, 0.4) is 0 Å². The van der Waals surface area contributed by atoms with E-state index in [1.165, 1.54) is 5.56 Å². The first kappa shape index (κ1) is 41.1. The van der Waals surface area contributed by atoms with E-state index in [4.69, 9.17) is 23.7 Å². The van der Waals surface area contributed by atoms with Crippen molar-refractivity contribution in [1.82, 2.24) is 16.0 Å². The summed E-state index contributed by atoms with van der Waals surface area (Å²) in [4.78, 5) is 39.5. The number of ether oxygens (including phenoxy) is 5. The van der Waals surface area contributed by atoms with Gasteiger partial charge in [0.05, 0.1) is 40.8 Å². The van der Waals surface area contributed by atoms with Gasteiger partial charge in [0.1, 0.15) is 5.75 Å². The molecule has 0 radical (unpaired) electrons. The second-order valence-corrected chi connectivity index (χ2v) is 12.2. The van der Waals surface area contributed by atoms with Gasteiger partial charge in [-0.25, -0.2) is 0 Å². The summed E-state index contributed by atoms with van der Waals surface area (Å²) in [6.45, 7) is 2.52. The molecule has 3 N–H and O–H groups in total. The first-order chi connectivity index (χ1) is 25.1.